The molecular formula is C7H9NO2. The lowest BCUT2D eigenvalue weighted by atomic mass is 10.2. The lowest BCUT2D eigenvalue weighted by Gasteiger charge is -2.05. The fraction of sp³-hybridized carbons (Fsp3) is 0.571. The Labute approximate surface area is 59.7 Å². The van der Waals surface area contributed by atoms with Crippen LogP contribution in [0.5, 0.6) is 0 Å². The molecule has 1 fully saturated rings. The highest BCUT2D eigenvalue weighted by Crippen LogP contribution is 2.02. The maximum atomic E-state index is 10.6. The minimum atomic E-state index is -0.351. The molecule has 0 aromatic heterocycles. The second-order valence-electron chi connectivity index (χ2n) is 2.18. The zero-order chi connectivity index (χ0) is 7.40. The third-order valence-electron chi connectivity index (χ3n) is 1.40. The number of amides is 1. The molecule has 1 aliphatic rings. The van der Waals surface area contributed by atoms with E-state index in [0.717, 1.165) is 13.0 Å². The Kier molecular flexibility index (Phi) is 2.30. The number of hydrogen-bond acceptors (Lipinski definition) is 2. The molecule has 1 atom stereocenters. The van der Waals surface area contributed by atoms with Crippen LogP contribution >= 0.6 is 0 Å². The van der Waals surface area contributed by atoms with Crippen molar-refractivity contribution in [3.05, 3.63) is 0 Å². The number of terminal acetylenes is 1. The molecule has 0 radical (unpaired) electrons. The van der Waals surface area contributed by atoms with E-state index in [9.17, 15) is 4.79 Å². The lowest BCUT2D eigenvalue weighted by molar-refractivity contribution is -0.116. The van der Waals surface area contributed by atoms with Crippen molar-refractivity contribution >= 4 is 5.91 Å². The monoisotopic (exact) mass is 139 g/mol. The number of rotatable bonds is 1. The average molecular weight is 139 g/mol. The molecular weight excluding hydrogens is 130 g/mol. The number of carbonyl (C=O) groups excluding carboxylic acids is 1. The Morgan fingerprint density at radius 3 is 3.10 bits per heavy atom. The highest BCUT2D eigenvalue weighted by Gasteiger charge is 2.16. The molecule has 0 aromatic carbocycles. The SMILES string of the molecule is C#CC(=O)N[C@H]1CCOC1. The van der Waals surface area contributed by atoms with Gasteiger partial charge in [-0.05, 0) is 12.3 Å². The van der Waals surface area contributed by atoms with Gasteiger partial charge in [-0.2, -0.15) is 0 Å². The van der Waals surface area contributed by atoms with Crippen LogP contribution in [-0.4, -0.2) is 25.2 Å². The largest absolute Gasteiger partial charge is 0.379 e. The molecule has 0 aliphatic carbocycles. The van der Waals surface area contributed by atoms with Gasteiger partial charge >= 0.3 is 0 Å². The third-order valence-corrected chi connectivity index (χ3v) is 1.40. The van der Waals surface area contributed by atoms with Gasteiger partial charge in [0.05, 0.1) is 12.6 Å². The van der Waals surface area contributed by atoms with E-state index in [1.807, 2.05) is 5.92 Å². The molecule has 10 heavy (non-hydrogen) atoms. The molecule has 1 aliphatic heterocycles. The summed E-state index contributed by atoms with van der Waals surface area (Å²) >= 11 is 0. The topological polar surface area (TPSA) is 38.3 Å². The van der Waals surface area contributed by atoms with Crippen molar-refractivity contribution in [1.82, 2.24) is 5.32 Å². The quantitative estimate of drug-likeness (QED) is 0.498. The van der Waals surface area contributed by atoms with Gasteiger partial charge in [0.2, 0.25) is 0 Å². The van der Waals surface area contributed by atoms with E-state index in [-0.39, 0.29) is 11.9 Å². The molecule has 54 valence electrons. The van der Waals surface area contributed by atoms with Gasteiger partial charge in [0.1, 0.15) is 0 Å². The van der Waals surface area contributed by atoms with Crippen LogP contribution < -0.4 is 5.32 Å². The summed E-state index contributed by atoms with van der Waals surface area (Å²) in [4.78, 5) is 10.6. The van der Waals surface area contributed by atoms with E-state index in [2.05, 4.69) is 5.32 Å². The molecule has 1 amide bonds. The van der Waals surface area contributed by atoms with Gasteiger partial charge in [0, 0.05) is 6.61 Å². The van der Waals surface area contributed by atoms with Crippen LogP contribution in [0.1, 0.15) is 6.42 Å². The van der Waals surface area contributed by atoms with E-state index in [1.165, 1.54) is 0 Å². The lowest BCUT2D eigenvalue weighted by Crippen LogP contribution is -2.33. The van der Waals surface area contributed by atoms with Gasteiger partial charge in [0.25, 0.3) is 5.91 Å². The zero-order valence-electron chi connectivity index (χ0n) is 5.59. The summed E-state index contributed by atoms with van der Waals surface area (Å²) in [5.74, 6) is 1.63. The van der Waals surface area contributed by atoms with Crippen LogP contribution in [0.25, 0.3) is 0 Å². The minimum Gasteiger partial charge on any atom is -0.379 e. The predicted molar refractivity (Wildman–Crippen MR) is 36.2 cm³/mol. The second kappa shape index (κ2) is 3.23. The van der Waals surface area contributed by atoms with Crippen LogP contribution in [0.3, 0.4) is 0 Å². The smallest absolute Gasteiger partial charge is 0.295 e. The van der Waals surface area contributed by atoms with Crippen LogP contribution in [0.15, 0.2) is 0 Å². The van der Waals surface area contributed by atoms with Crippen molar-refractivity contribution in [3.63, 3.8) is 0 Å². The first kappa shape index (κ1) is 7.10. The van der Waals surface area contributed by atoms with Crippen molar-refractivity contribution in [1.29, 1.82) is 0 Å². The van der Waals surface area contributed by atoms with E-state index in [4.69, 9.17) is 11.2 Å². The Morgan fingerprint density at radius 2 is 2.60 bits per heavy atom. The highest BCUT2D eigenvalue weighted by atomic mass is 16.5. The van der Waals surface area contributed by atoms with Crippen molar-refractivity contribution in [2.75, 3.05) is 13.2 Å². The normalized spacial score (nSPS) is 23.7. The van der Waals surface area contributed by atoms with Crippen LogP contribution in [0, 0.1) is 12.3 Å². The molecule has 0 bridgehead atoms. The summed E-state index contributed by atoms with van der Waals surface area (Å²) in [7, 11) is 0. The van der Waals surface area contributed by atoms with E-state index in [0.29, 0.717) is 6.61 Å². The summed E-state index contributed by atoms with van der Waals surface area (Å²) in [5, 5.41) is 2.63. The summed E-state index contributed by atoms with van der Waals surface area (Å²) in [5.41, 5.74) is 0. The number of nitrogens with one attached hydrogen (secondary N) is 1. The standard InChI is InChI=1S/C7H9NO2/c1-2-7(9)8-6-3-4-10-5-6/h1,6H,3-5H2,(H,8,9)/t6-/m0/s1. The van der Waals surface area contributed by atoms with Gasteiger partial charge in [-0.25, -0.2) is 0 Å². The highest BCUT2D eigenvalue weighted by molar-refractivity contribution is 5.93. The van der Waals surface area contributed by atoms with E-state index < -0.39 is 0 Å². The van der Waals surface area contributed by atoms with Crippen LogP contribution in [-0.2, 0) is 9.53 Å². The zero-order valence-corrected chi connectivity index (χ0v) is 5.59. The molecule has 0 spiro atoms. The molecule has 0 saturated carbocycles. The van der Waals surface area contributed by atoms with Gasteiger partial charge in [0.15, 0.2) is 0 Å². The van der Waals surface area contributed by atoms with E-state index >= 15 is 0 Å². The van der Waals surface area contributed by atoms with Crippen molar-refractivity contribution in [2.45, 2.75) is 12.5 Å². The Balaban J connectivity index is 2.25. The molecule has 1 N–H and O–H groups in total. The average Bonchev–Trinajstić information content (AvgIpc) is 2.40. The summed E-state index contributed by atoms with van der Waals surface area (Å²) in [6, 6.07) is 0.128. The fourth-order valence-electron chi connectivity index (χ4n) is 0.875. The molecule has 0 unspecified atom stereocenters. The van der Waals surface area contributed by atoms with Crippen LogP contribution in [0.4, 0.5) is 0 Å². The number of hydrogen-bond donors (Lipinski definition) is 1. The molecule has 1 rings (SSSR count). The van der Waals surface area contributed by atoms with Gasteiger partial charge in [-0.1, -0.05) is 0 Å². The molecule has 1 heterocycles. The third kappa shape index (κ3) is 1.74. The Bertz CT molecular complexity index is 165. The number of carbonyl (C=O) groups is 1. The predicted octanol–water partition coefficient (Wildman–Crippen LogP) is -0.475. The molecule has 0 aromatic rings. The Hall–Kier alpha value is -1.01. The van der Waals surface area contributed by atoms with Crippen molar-refractivity contribution in [2.24, 2.45) is 0 Å². The molecule has 1 saturated heterocycles. The molecule has 3 nitrogen and oxygen atoms in total. The summed E-state index contributed by atoms with van der Waals surface area (Å²) in [6.45, 7) is 1.31. The van der Waals surface area contributed by atoms with E-state index in [1.54, 1.807) is 0 Å². The second-order valence-corrected chi connectivity index (χ2v) is 2.18. The van der Waals surface area contributed by atoms with Crippen molar-refractivity contribution < 1.29 is 9.53 Å². The fourth-order valence-corrected chi connectivity index (χ4v) is 0.875. The molecule has 3 heteroatoms. The van der Waals surface area contributed by atoms with Gasteiger partial charge < -0.3 is 10.1 Å². The Morgan fingerprint density at radius 1 is 1.80 bits per heavy atom. The van der Waals surface area contributed by atoms with Crippen LogP contribution in [0.2, 0.25) is 0 Å². The maximum Gasteiger partial charge on any atom is 0.295 e. The number of ether oxygens (including phenoxy) is 1. The summed E-state index contributed by atoms with van der Waals surface area (Å²) in [6.07, 6.45) is 5.72. The first-order chi connectivity index (χ1) is 4.83. The van der Waals surface area contributed by atoms with Crippen molar-refractivity contribution in [3.8, 4) is 12.3 Å². The first-order valence-corrected chi connectivity index (χ1v) is 3.18. The van der Waals surface area contributed by atoms with Gasteiger partial charge in [-0.15, -0.1) is 6.42 Å². The maximum absolute atomic E-state index is 10.6. The summed E-state index contributed by atoms with van der Waals surface area (Å²) < 4.78 is 5.02. The van der Waals surface area contributed by atoms with Gasteiger partial charge in [-0.3, -0.25) is 4.79 Å². The first-order valence-electron chi connectivity index (χ1n) is 3.18. The minimum absolute atomic E-state index is 0.128.